The van der Waals surface area contributed by atoms with Gasteiger partial charge >= 0.3 is 0 Å². The number of aryl methyl sites for hydroxylation is 3. The van der Waals surface area contributed by atoms with E-state index in [-0.39, 0.29) is 5.75 Å². The van der Waals surface area contributed by atoms with Crippen LogP contribution in [-0.4, -0.2) is 23.7 Å². The number of nitrogens with zero attached hydrogens (tertiary/aromatic N) is 2. The number of aromatic nitrogens is 2. The molecule has 0 amide bonds. The van der Waals surface area contributed by atoms with E-state index in [9.17, 15) is 8.42 Å². The van der Waals surface area contributed by atoms with Crippen molar-refractivity contribution in [1.82, 2.24) is 9.55 Å². The van der Waals surface area contributed by atoms with Crippen LogP contribution in [0.15, 0.2) is 47.2 Å². The maximum Gasteiger partial charge on any atom is 0.191 e. The van der Waals surface area contributed by atoms with Gasteiger partial charge in [-0.25, -0.2) is 13.4 Å². The van der Waals surface area contributed by atoms with Gasteiger partial charge in [-0.05, 0) is 44.9 Å². The molecule has 2 aromatic heterocycles. The summed E-state index contributed by atoms with van der Waals surface area (Å²) in [6.07, 6.45) is 1.44. The lowest BCUT2D eigenvalue weighted by atomic mass is 10.1. The van der Waals surface area contributed by atoms with Crippen LogP contribution in [0.2, 0.25) is 0 Å². The van der Waals surface area contributed by atoms with Gasteiger partial charge in [-0.3, -0.25) is 0 Å². The number of imidazole rings is 1. The van der Waals surface area contributed by atoms with Gasteiger partial charge in [0.1, 0.15) is 10.0 Å². The predicted octanol–water partition coefficient (Wildman–Crippen LogP) is 4.85. The lowest BCUT2D eigenvalue weighted by Crippen LogP contribution is -2.05. The molecule has 0 saturated heterocycles. The Hall–Kier alpha value is -2.18. The number of hydrogen-bond acceptors (Lipinski definition) is 4. The third-order valence-corrected chi connectivity index (χ3v) is 8.01. The van der Waals surface area contributed by atoms with Crippen LogP contribution in [0.5, 0.6) is 0 Å². The van der Waals surface area contributed by atoms with E-state index in [1.54, 1.807) is 0 Å². The highest BCUT2D eigenvalue weighted by Crippen LogP contribution is 2.35. The van der Waals surface area contributed by atoms with Crippen LogP contribution < -0.4 is 0 Å². The molecule has 4 nitrogen and oxygen atoms in total. The van der Waals surface area contributed by atoms with Gasteiger partial charge in [0.2, 0.25) is 0 Å². The van der Waals surface area contributed by atoms with E-state index < -0.39 is 9.84 Å². The largest absolute Gasteiger partial charge is 0.328 e. The molecule has 1 aromatic carbocycles. The van der Waals surface area contributed by atoms with Gasteiger partial charge in [0.15, 0.2) is 9.84 Å². The second-order valence-electron chi connectivity index (χ2n) is 6.74. The van der Waals surface area contributed by atoms with Crippen molar-refractivity contribution in [3.05, 3.63) is 70.6 Å². The molecule has 3 aromatic rings. The summed E-state index contributed by atoms with van der Waals surface area (Å²) >= 11 is 1.32. The topological polar surface area (TPSA) is 52.0 Å². The van der Waals surface area contributed by atoms with Gasteiger partial charge in [-0.2, -0.15) is 0 Å². The normalized spacial score (nSPS) is 11.7. The summed E-state index contributed by atoms with van der Waals surface area (Å²) in [6, 6.07) is 10.1. The quantitative estimate of drug-likeness (QED) is 0.556. The van der Waals surface area contributed by atoms with Crippen LogP contribution in [-0.2, 0) is 16.4 Å². The zero-order chi connectivity index (χ0) is 19.8. The first-order valence-corrected chi connectivity index (χ1v) is 11.2. The molecule has 0 aliphatic carbocycles. The van der Waals surface area contributed by atoms with Crippen LogP contribution in [0, 0.1) is 27.7 Å². The second kappa shape index (κ2) is 7.44. The Balaban J connectivity index is 1.94. The van der Waals surface area contributed by atoms with E-state index in [4.69, 9.17) is 0 Å². The SMILES string of the molecule is C=CCS(=O)(=O)c1sc(C)cc1-c1ccc(Cn2c(C)nc(C)c2C)cc1. The van der Waals surface area contributed by atoms with Crippen LogP contribution in [0.1, 0.15) is 27.7 Å². The lowest BCUT2D eigenvalue weighted by molar-refractivity contribution is 0.601. The average molecular weight is 401 g/mol. The zero-order valence-electron chi connectivity index (χ0n) is 16.1. The Bertz CT molecular complexity index is 1090. The first kappa shape index (κ1) is 19.6. The molecule has 0 atom stereocenters. The minimum absolute atomic E-state index is 0.0451. The van der Waals surface area contributed by atoms with Gasteiger partial charge in [-0.1, -0.05) is 30.3 Å². The van der Waals surface area contributed by atoms with E-state index in [2.05, 4.69) is 35.2 Å². The number of rotatable bonds is 6. The molecule has 0 spiro atoms. The molecule has 0 unspecified atom stereocenters. The Morgan fingerprint density at radius 2 is 1.81 bits per heavy atom. The Labute approximate surface area is 165 Å². The molecule has 0 radical (unpaired) electrons. The molecule has 0 bridgehead atoms. The fourth-order valence-corrected chi connectivity index (χ4v) is 6.02. The maximum absolute atomic E-state index is 12.6. The Morgan fingerprint density at radius 3 is 2.37 bits per heavy atom. The number of benzene rings is 1. The van der Waals surface area contributed by atoms with Gasteiger partial charge in [0.05, 0.1) is 11.4 Å². The molecule has 142 valence electrons. The van der Waals surface area contributed by atoms with Crippen molar-refractivity contribution in [3.63, 3.8) is 0 Å². The van der Waals surface area contributed by atoms with E-state index in [0.29, 0.717) is 4.21 Å². The van der Waals surface area contributed by atoms with Crippen molar-refractivity contribution in [1.29, 1.82) is 0 Å². The summed E-state index contributed by atoms with van der Waals surface area (Å²) < 4.78 is 27.7. The standard InChI is InChI=1S/C21H24N2O2S2/c1-6-11-27(24,25)21-20(12-14(2)26-21)19-9-7-18(8-10-19)13-23-16(4)15(3)22-17(23)5/h6-10,12H,1,11,13H2,2-5H3. The van der Waals surface area contributed by atoms with Crippen LogP contribution in [0.4, 0.5) is 0 Å². The molecule has 2 heterocycles. The highest BCUT2D eigenvalue weighted by Gasteiger charge is 2.21. The Morgan fingerprint density at radius 1 is 1.15 bits per heavy atom. The molecule has 3 rings (SSSR count). The molecule has 0 fully saturated rings. The molecule has 0 saturated carbocycles. The fraction of sp³-hybridized carbons (Fsp3) is 0.286. The second-order valence-corrected chi connectivity index (χ2v) is 10.2. The summed E-state index contributed by atoms with van der Waals surface area (Å²) in [7, 11) is -3.35. The van der Waals surface area contributed by atoms with Crippen molar-refractivity contribution >= 4 is 21.2 Å². The van der Waals surface area contributed by atoms with E-state index in [1.165, 1.54) is 23.1 Å². The van der Waals surface area contributed by atoms with Crippen LogP contribution in [0.25, 0.3) is 11.1 Å². The Kier molecular flexibility index (Phi) is 5.40. The van der Waals surface area contributed by atoms with Crippen molar-refractivity contribution in [3.8, 4) is 11.1 Å². The number of sulfone groups is 1. The smallest absolute Gasteiger partial charge is 0.191 e. The van der Waals surface area contributed by atoms with Crippen molar-refractivity contribution in [2.75, 3.05) is 5.75 Å². The third kappa shape index (κ3) is 3.92. The highest BCUT2D eigenvalue weighted by atomic mass is 32.2. The first-order chi connectivity index (χ1) is 12.7. The molecule has 6 heteroatoms. The van der Waals surface area contributed by atoms with Gasteiger partial charge in [0.25, 0.3) is 0 Å². The minimum atomic E-state index is -3.35. The summed E-state index contributed by atoms with van der Waals surface area (Å²) in [6.45, 7) is 12.4. The molecule has 27 heavy (non-hydrogen) atoms. The lowest BCUT2D eigenvalue weighted by Gasteiger charge is -2.10. The highest BCUT2D eigenvalue weighted by molar-refractivity contribution is 7.93. The average Bonchev–Trinajstić information content (AvgIpc) is 3.11. The van der Waals surface area contributed by atoms with Crippen LogP contribution >= 0.6 is 11.3 Å². The summed E-state index contributed by atoms with van der Waals surface area (Å²) in [5.74, 6) is 0.955. The third-order valence-electron chi connectivity index (χ3n) is 4.70. The zero-order valence-corrected chi connectivity index (χ0v) is 17.7. The summed E-state index contributed by atoms with van der Waals surface area (Å²) in [4.78, 5) is 5.50. The van der Waals surface area contributed by atoms with Crippen molar-refractivity contribution < 1.29 is 8.42 Å². The molecule has 0 N–H and O–H groups in total. The van der Waals surface area contributed by atoms with E-state index >= 15 is 0 Å². The van der Waals surface area contributed by atoms with Gasteiger partial charge in [-0.15, -0.1) is 17.9 Å². The first-order valence-electron chi connectivity index (χ1n) is 8.76. The molecular formula is C21H24N2O2S2. The van der Waals surface area contributed by atoms with Crippen molar-refractivity contribution in [2.45, 2.75) is 38.4 Å². The maximum atomic E-state index is 12.6. The minimum Gasteiger partial charge on any atom is -0.328 e. The van der Waals surface area contributed by atoms with E-state index in [1.807, 2.05) is 39.0 Å². The molecular weight excluding hydrogens is 376 g/mol. The van der Waals surface area contributed by atoms with Gasteiger partial charge < -0.3 is 4.57 Å². The van der Waals surface area contributed by atoms with Gasteiger partial charge in [0, 0.05) is 22.7 Å². The van der Waals surface area contributed by atoms with Crippen molar-refractivity contribution in [2.24, 2.45) is 0 Å². The monoisotopic (exact) mass is 400 g/mol. The van der Waals surface area contributed by atoms with E-state index in [0.717, 1.165) is 39.6 Å². The van der Waals surface area contributed by atoms with Crippen LogP contribution in [0.3, 0.4) is 0 Å². The number of thiophene rings is 1. The summed E-state index contributed by atoms with van der Waals surface area (Å²) in [5.41, 5.74) is 5.07. The number of hydrogen-bond donors (Lipinski definition) is 0. The fourth-order valence-electron chi connectivity index (χ4n) is 3.18. The summed E-state index contributed by atoms with van der Waals surface area (Å²) in [5, 5.41) is 0. The molecule has 0 aliphatic heterocycles. The molecule has 0 aliphatic rings. The predicted molar refractivity (Wildman–Crippen MR) is 112 cm³/mol.